The molecule has 0 bridgehead atoms. The van der Waals surface area contributed by atoms with Gasteiger partial charge in [0, 0.05) is 6.42 Å². The number of hydrogen-bond acceptors (Lipinski definition) is 1. The SMILES string of the molecule is C=CC1(O[Si](C)(C)C(C)(C)C)Cc2ccccc21.[C-]#[O+].[C-]#[O+].[C-]#[O+].[Cr+6]. The summed E-state index contributed by atoms with van der Waals surface area (Å²) in [6.45, 7) is 29.0. The summed E-state index contributed by atoms with van der Waals surface area (Å²) in [6, 6.07) is 8.54. The van der Waals surface area contributed by atoms with Gasteiger partial charge in [0.2, 0.25) is 0 Å². The first kappa shape index (κ1) is 28.7. The summed E-state index contributed by atoms with van der Waals surface area (Å²) < 4.78 is 29.1. The third-order valence-electron chi connectivity index (χ3n) is 4.50. The van der Waals surface area contributed by atoms with Crippen LogP contribution in [0.2, 0.25) is 18.1 Å². The van der Waals surface area contributed by atoms with Crippen molar-refractivity contribution in [2.45, 2.75) is 50.9 Å². The van der Waals surface area contributed by atoms with Gasteiger partial charge in [0.1, 0.15) is 5.60 Å². The second-order valence-corrected chi connectivity index (χ2v) is 11.5. The van der Waals surface area contributed by atoms with E-state index in [2.05, 4.69) is 84.7 Å². The molecule has 1 atom stereocenters. The van der Waals surface area contributed by atoms with Gasteiger partial charge in [-0.15, -0.1) is 0 Å². The molecule has 1 aromatic carbocycles. The minimum Gasteiger partial charge on any atom is 6.00 e. The van der Waals surface area contributed by atoms with E-state index >= 15 is 0 Å². The molecule has 0 radical (unpaired) electrons. The molecule has 0 fully saturated rings. The molecule has 0 heterocycles. The third-order valence-corrected chi connectivity index (χ3v) is 8.99. The summed E-state index contributed by atoms with van der Waals surface area (Å²) in [6.07, 6.45) is 2.97. The van der Waals surface area contributed by atoms with Gasteiger partial charge in [0.05, 0.1) is 0 Å². The summed E-state index contributed by atoms with van der Waals surface area (Å²) in [5.41, 5.74) is 2.47. The quantitative estimate of drug-likeness (QED) is 0.320. The van der Waals surface area contributed by atoms with Crippen molar-refractivity contribution >= 4 is 8.32 Å². The molecule has 128 valence electrons. The van der Waals surface area contributed by atoms with E-state index in [9.17, 15) is 0 Å². The topological polar surface area (TPSA) is 68.9 Å². The van der Waals surface area contributed by atoms with Crippen LogP contribution in [-0.2, 0) is 47.8 Å². The molecule has 0 saturated carbocycles. The molecule has 0 spiro atoms. The molecular formula is C19H24CrO4Si+6. The van der Waals surface area contributed by atoms with Crippen molar-refractivity contribution < 1.29 is 35.7 Å². The van der Waals surface area contributed by atoms with E-state index in [1.54, 1.807) is 0 Å². The van der Waals surface area contributed by atoms with Crippen molar-refractivity contribution in [1.82, 2.24) is 0 Å². The summed E-state index contributed by atoms with van der Waals surface area (Å²) >= 11 is 0. The fourth-order valence-electron chi connectivity index (χ4n) is 2.28. The first-order valence-electron chi connectivity index (χ1n) is 7.25. The minimum atomic E-state index is -1.77. The van der Waals surface area contributed by atoms with Gasteiger partial charge in [-0.3, -0.25) is 0 Å². The van der Waals surface area contributed by atoms with Gasteiger partial charge in [0.15, 0.2) is 8.32 Å². The molecule has 1 aliphatic carbocycles. The van der Waals surface area contributed by atoms with Crippen molar-refractivity contribution in [3.8, 4) is 0 Å². The van der Waals surface area contributed by atoms with Gasteiger partial charge in [0.25, 0.3) is 0 Å². The largest absolute Gasteiger partial charge is 6.00 e. The zero-order chi connectivity index (χ0) is 19.6. The van der Waals surface area contributed by atoms with E-state index in [0.717, 1.165) is 6.42 Å². The molecule has 1 aromatic rings. The first-order valence-corrected chi connectivity index (χ1v) is 10.2. The molecule has 0 aromatic heterocycles. The van der Waals surface area contributed by atoms with Crippen LogP contribution in [0.4, 0.5) is 0 Å². The third kappa shape index (κ3) is 6.60. The molecule has 4 nitrogen and oxygen atoms in total. The molecule has 2 rings (SSSR count). The summed E-state index contributed by atoms with van der Waals surface area (Å²) in [5, 5.41) is 0.230. The number of rotatable bonds is 3. The van der Waals surface area contributed by atoms with Crippen LogP contribution in [0, 0.1) is 20.0 Å². The standard InChI is InChI=1S/C16H24OSi.3CO.Cr/c1-7-16(17-18(5,6)15(2,3)4)12-13-10-8-9-11-14(13)16;3*1-2;/h7-11H,1,12H2,2-6H3;;;;/q;;;;+6. The molecule has 6 heteroatoms. The van der Waals surface area contributed by atoms with E-state index in [-0.39, 0.29) is 28.0 Å². The average Bonchev–Trinajstić information content (AvgIpc) is 2.57. The Morgan fingerprint density at radius 3 is 1.88 bits per heavy atom. The first-order chi connectivity index (χ1) is 11.2. The molecule has 1 aliphatic rings. The Kier molecular flexibility index (Phi) is 14.1. The van der Waals surface area contributed by atoms with Crippen molar-refractivity contribution in [3.05, 3.63) is 68.0 Å². The fourth-order valence-corrected chi connectivity index (χ4v) is 3.76. The van der Waals surface area contributed by atoms with E-state index < -0.39 is 8.32 Å². The van der Waals surface area contributed by atoms with Crippen LogP contribution in [0.5, 0.6) is 0 Å². The van der Waals surface area contributed by atoms with E-state index in [1.165, 1.54) is 11.1 Å². The molecule has 0 amide bonds. The monoisotopic (exact) mass is 396 g/mol. The van der Waals surface area contributed by atoms with Gasteiger partial charge in [-0.1, -0.05) is 57.7 Å². The van der Waals surface area contributed by atoms with Crippen LogP contribution in [0.1, 0.15) is 31.9 Å². The second kappa shape index (κ2) is 12.3. The van der Waals surface area contributed by atoms with E-state index in [1.807, 2.05) is 6.08 Å². The summed E-state index contributed by atoms with van der Waals surface area (Å²) in [5.74, 6) is 0. The maximum Gasteiger partial charge on any atom is 6.00 e. The molecule has 1 unspecified atom stereocenters. The van der Waals surface area contributed by atoms with Gasteiger partial charge >= 0.3 is 51.3 Å². The van der Waals surface area contributed by atoms with E-state index in [0.29, 0.717) is 0 Å². The predicted molar refractivity (Wildman–Crippen MR) is 92.1 cm³/mol. The molecule has 0 aliphatic heterocycles. The van der Waals surface area contributed by atoms with Crippen LogP contribution in [0.25, 0.3) is 0 Å². The molecule has 25 heavy (non-hydrogen) atoms. The van der Waals surface area contributed by atoms with Crippen LogP contribution < -0.4 is 0 Å². The normalized spacial score (nSPS) is 16.9. The Morgan fingerprint density at radius 1 is 1.08 bits per heavy atom. The molecule has 0 saturated heterocycles. The van der Waals surface area contributed by atoms with Crippen LogP contribution in [0.15, 0.2) is 36.9 Å². The summed E-state index contributed by atoms with van der Waals surface area (Å²) in [4.78, 5) is 0. The second-order valence-electron chi connectivity index (χ2n) is 6.79. The number of hydrogen-bond donors (Lipinski definition) is 0. The Bertz CT molecular complexity index is 585. The van der Waals surface area contributed by atoms with Crippen LogP contribution in [-0.4, -0.2) is 8.32 Å². The van der Waals surface area contributed by atoms with Gasteiger partial charge in [-0.05, 0) is 29.3 Å². The summed E-state index contributed by atoms with van der Waals surface area (Å²) in [7, 11) is -1.77. The maximum atomic E-state index is 7.50. The Morgan fingerprint density at radius 2 is 1.52 bits per heavy atom. The van der Waals surface area contributed by atoms with Crippen LogP contribution >= 0.6 is 0 Å². The molecular weight excluding hydrogens is 372 g/mol. The van der Waals surface area contributed by atoms with E-state index in [4.69, 9.17) is 18.4 Å². The zero-order valence-corrected chi connectivity index (χ0v) is 17.6. The Labute approximate surface area is 163 Å². The fraction of sp³-hybridized carbons (Fsp3) is 0.421. The van der Waals surface area contributed by atoms with Gasteiger partial charge in [-0.25, -0.2) is 0 Å². The Balaban J connectivity index is -0.000000626. The number of fused-ring (bicyclic) bond motifs is 1. The maximum absolute atomic E-state index is 7.50. The minimum absolute atomic E-state index is 0. The van der Waals surface area contributed by atoms with Gasteiger partial charge in [-0.2, -0.15) is 0 Å². The van der Waals surface area contributed by atoms with Crippen LogP contribution in [0.3, 0.4) is 0 Å². The van der Waals surface area contributed by atoms with Crippen molar-refractivity contribution in [2.24, 2.45) is 0 Å². The number of benzene rings is 1. The predicted octanol–water partition coefficient (Wildman–Crippen LogP) is 4.53. The Hall–Kier alpha value is -1.11. The molecule has 0 N–H and O–H groups in total. The zero-order valence-electron chi connectivity index (χ0n) is 15.3. The van der Waals surface area contributed by atoms with Crippen molar-refractivity contribution in [2.75, 3.05) is 0 Å². The smallest absolute Gasteiger partial charge is 6.00 e. The average molecular weight is 396 g/mol. The van der Waals surface area contributed by atoms with Crippen molar-refractivity contribution in [3.63, 3.8) is 0 Å². The van der Waals surface area contributed by atoms with Crippen molar-refractivity contribution in [1.29, 1.82) is 0 Å². The van der Waals surface area contributed by atoms with Gasteiger partial charge < -0.3 is 4.43 Å².